The van der Waals surface area contributed by atoms with E-state index in [0.29, 0.717) is 5.56 Å². The lowest BCUT2D eigenvalue weighted by molar-refractivity contribution is -0.113. The van der Waals surface area contributed by atoms with Crippen molar-refractivity contribution in [3.63, 3.8) is 0 Å². The van der Waals surface area contributed by atoms with Gasteiger partial charge in [0.05, 0.1) is 0 Å². The predicted octanol–water partition coefficient (Wildman–Crippen LogP) is 6.38. The van der Waals surface area contributed by atoms with Gasteiger partial charge in [-0.15, -0.1) is 0 Å². The van der Waals surface area contributed by atoms with E-state index in [1.165, 1.54) is 37.1 Å². The summed E-state index contributed by atoms with van der Waals surface area (Å²) in [5, 5.41) is 6.33. The van der Waals surface area contributed by atoms with Gasteiger partial charge in [0, 0.05) is 41.5 Å². The third kappa shape index (κ3) is 7.33. The number of likely N-dealkylation sites (tertiary alicyclic amines) is 1. The first-order chi connectivity index (χ1) is 20.2. The Morgan fingerprint density at radius 3 is 1.86 bits per heavy atom. The minimum Gasteiger partial charge on any atom is -0.384 e. The zero-order chi connectivity index (χ0) is 29.6. The number of ketones is 1. The van der Waals surface area contributed by atoms with Crippen LogP contribution in [0.2, 0.25) is 0 Å². The Balaban J connectivity index is 1.32. The molecule has 2 fully saturated rings. The number of amides is 1. The number of carbonyl (C=O) groups is 2. The van der Waals surface area contributed by atoms with Crippen molar-refractivity contribution in [3.05, 3.63) is 112 Å². The van der Waals surface area contributed by atoms with Crippen molar-refractivity contribution in [2.24, 2.45) is 0 Å². The summed E-state index contributed by atoms with van der Waals surface area (Å²) in [6, 6.07) is 13.2. The quantitative estimate of drug-likeness (QED) is 0.241. The second kappa shape index (κ2) is 13.2. The molecule has 0 unspecified atom stereocenters. The Bertz CT molecular complexity index is 1460. The lowest BCUT2D eigenvalue weighted by atomic mass is 9.83. The summed E-state index contributed by atoms with van der Waals surface area (Å²) in [4.78, 5) is 28.9. The highest BCUT2D eigenvalue weighted by molar-refractivity contribution is 6.14. The van der Waals surface area contributed by atoms with Crippen molar-refractivity contribution in [2.75, 3.05) is 31.5 Å². The number of anilines is 1. The van der Waals surface area contributed by atoms with Gasteiger partial charge in [-0.1, -0.05) is 12.1 Å². The maximum atomic E-state index is 13.8. The number of benzene rings is 3. The molecule has 2 aliphatic rings. The average molecular weight is 578 g/mol. The number of hydrogen-bond acceptors (Lipinski definition) is 4. The van der Waals surface area contributed by atoms with Crippen LogP contribution in [0.25, 0.3) is 12.2 Å². The van der Waals surface area contributed by atoms with Gasteiger partial charge < -0.3 is 15.5 Å². The normalized spacial score (nSPS) is 19.4. The number of nitrogens with one attached hydrogen (secondary N) is 2. The highest BCUT2D eigenvalue weighted by Crippen LogP contribution is 2.29. The van der Waals surface area contributed by atoms with Crippen molar-refractivity contribution < 1.29 is 27.2 Å². The monoisotopic (exact) mass is 577 g/mol. The molecule has 9 heteroatoms. The van der Waals surface area contributed by atoms with Gasteiger partial charge in [-0.05, 0) is 111 Å². The van der Waals surface area contributed by atoms with E-state index < -0.39 is 29.3 Å². The summed E-state index contributed by atoms with van der Waals surface area (Å²) in [6.07, 6.45) is 5.67. The largest absolute Gasteiger partial charge is 0.384 e. The fourth-order valence-electron chi connectivity index (χ4n) is 5.33. The van der Waals surface area contributed by atoms with Crippen molar-refractivity contribution in [1.82, 2.24) is 10.2 Å². The molecule has 3 aromatic rings. The Labute approximate surface area is 241 Å². The molecule has 0 radical (unpaired) electrons. The second-order valence-corrected chi connectivity index (χ2v) is 10.6. The van der Waals surface area contributed by atoms with Crippen molar-refractivity contribution in [3.8, 4) is 0 Å². The molecule has 0 spiro atoms. The molecule has 2 N–H and O–H groups in total. The number of rotatable bonds is 8. The van der Waals surface area contributed by atoms with E-state index in [0.717, 1.165) is 56.1 Å². The van der Waals surface area contributed by atoms with Crippen LogP contribution in [0.3, 0.4) is 0 Å². The van der Waals surface area contributed by atoms with Crippen LogP contribution in [-0.2, 0) is 4.79 Å². The van der Waals surface area contributed by atoms with Gasteiger partial charge in [-0.3, -0.25) is 9.59 Å². The number of nitrogens with zero attached hydrogens (tertiary/aromatic N) is 1. The van der Waals surface area contributed by atoms with E-state index >= 15 is 0 Å². The Kier molecular flexibility index (Phi) is 9.17. The van der Waals surface area contributed by atoms with Crippen LogP contribution in [0.4, 0.5) is 23.2 Å². The van der Waals surface area contributed by atoms with Crippen LogP contribution in [0, 0.1) is 23.3 Å². The maximum absolute atomic E-state index is 13.8. The summed E-state index contributed by atoms with van der Waals surface area (Å²) in [5.74, 6) is -4.84. The molecule has 5 rings (SSSR count). The molecule has 3 aromatic carbocycles. The van der Waals surface area contributed by atoms with E-state index in [4.69, 9.17) is 0 Å². The van der Waals surface area contributed by atoms with Gasteiger partial charge in [0.2, 0.25) is 0 Å². The Hall–Kier alpha value is -4.24. The van der Waals surface area contributed by atoms with E-state index in [1.807, 2.05) is 12.1 Å². The minimum atomic E-state index is -1.05. The molecule has 0 bridgehead atoms. The van der Waals surface area contributed by atoms with Crippen molar-refractivity contribution in [1.29, 1.82) is 0 Å². The molecule has 5 nitrogen and oxygen atoms in total. The summed E-state index contributed by atoms with van der Waals surface area (Å²) in [7, 11) is 0. The summed E-state index contributed by atoms with van der Waals surface area (Å²) >= 11 is 0. The number of halogens is 4. The van der Waals surface area contributed by atoms with Crippen LogP contribution < -0.4 is 10.6 Å². The fourth-order valence-corrected chi connectivity index (χ4v) is 5.33. The second-order valence-electron chi connectivity index (χ2n) is 10.6. The average Bonchev–Trinajstić information content (AvgIpc) is 3.49. The van der Waals surface area contributed by atoms with Crippen LogP contribution in [0.1, 0.15) is 47.2 Å². The third-order valence-electron chi connectivity index (χ3n) is 7.52. The van der Waals surface area contributed by atoms with Crippen LogP contribution in [0.5, 0.6) is 0 Å². The Morgan fingerprint density at radius 2 is 1.33 bits per heavy atom. The molecule has 1 aliphatic carbocycles. The molecule has 1 saturated heterocycles. The zero-order valence-corrected chi connectivity index (χ0v) is 22.9. The molecule has 218 valence electrons. The fraction of sp³-hybridized carbons (Fsp3) is 0.273. The van der Waals surface area contributed by atoms with Crippen molar-refractivity contribution >= 4 is 29.5 Å². The van der Waals surface area contributed by atoms with Gasteiger partial charge in [-0.25, -0.2) is 17.6 Å². The van der Waals surface area contributed by atoms with Gasteiger partial charge in [0.15, 0.2) is 29.1 Å². The first kappa shape index (κ1) is 29.3. The number of hydrogen-bond donors (Lipinski definition) is 2. The molecule has 42 heavy (non-hydrogen) atoms. The molecule has 0 aromatic heterocycles. The number of carbonyl (C=O) groups excluding carboxylic acids is 2. The highest BCUT2D eigenvalue weighted by Gasteiger charge is 2.29. The molecule has 1 saturated carbocycles. The smallest absolute Gasteiger partial charge is 0.251 e. The molecule has 0 atom stereocenters. The van der Waals surface area contributed by atoms with Gasteiger partial charge in [-0.2, -0.15) is 0 Å². The molecule has 1 aliphatic heterocycles. The summed E-state index contributed by atoms with van der Waals surface area (Å²) < 4.78 is 54.6. The van der Waals surface area contributed by atoms with Gasteiger partial charge in [0.1, 0.15) is 0 Å². The highest BCUT2D eigenvalue weighted by atomic mass is 19.2. The van der Waals surface area contributed by atoms with Crippen LogP contribution in [-0.4, -0.2) is 48.8 Å². The van der Waals surface area contributed by atoms with Crippen LogP contribution >= 0.6 is 0 Å². The number of Topliss-reactive ketones (excluding diaryl/α,β-unsaturated/α-hetero) is 1. The van der Waals surface area contributed by atoms with Crippen molar-refractivity contribution in [2.45, 2.75) is 31.7 Å². The summed E-state index contributed by atoms with van der Waals surface area (Å²) in [5.41, 5.74) is 2.44. The lowest BCUT2D eigenvalue weighted by Crippen LogP contribution is -2.39. The third-order valence-corrected chi connectivity index (χ3v) is 7.52. The minimum absolute atomic E-state index is 0.148. The topological polar surface area (TPSA) is 61.4 Å². The standard InChI is InChI=1S/C33H31F4N3O2/c34-28-9-3-21(17-30(28)36)15-24-19-27(20-25(32(24)41)16-22-4-10-29(35)31(37)18-22)39-33(42)23-5-7-26(8-6-23)38-11-14-40-12-1-2-13-40/h3-10,15-18,27,38H,1-2,11-14,19-20H2,(H,39,42)/b24-15+,25-16+. The molecular formula is C33H31F4N3O2. The Morgan fingerprint density at radius 1 is 0.786 bits per heavy atom. The van der Waals surface area contributed by atoms with Gasteiger partial charge in [0.25, 0.3) is 5.91 Å². The van der Waals surface area contributed by atoms with E-state index in [9.17, 15) is 27.2 Å². The van der Waals surface area contributed by atoms with E-state index in [1.54, 1.807) is 12.1 Å². The molecule has 1 heterocycles. The molecule has 1 amide bonds. The summed E-state index contributed by atoms with van der Waals surface area (Å²) in [6.45, 7) is 4.02. The zero-order valence-electron chi connectivity index (χ0n) is 22.9. The first-order valence-corrected chi connectivity index (χ1v) is 14.0. The maximum Gasteiger partial charge on any atom is 0.251 e. The lowest BCUT2D eigenvalue weighted by Gasteiger charge is -2.27. The first-order valence-electron chi connectivity index (χ1n) is 14.0. The van der Waals surface area contributed by atoms with Gasteiger partial charge >= 0.3 is 0 Å². The SMILES string of the molecule is O=C1/C(=C/c2ccc(F)c(F)c2)CC(NC(=O)c2ccc(NCCN3CCCC3)cc2)C/C1=C\c1ccc(F)c(F)c1. The van der Waals surface area contributed by atoms with E-state index in [2.05, 4.69) is 15.5 Å². The van der Waals surface area contributed by atoms with E-state index in [-0.39, 0.29) is 46.8 Å². The predicted molar refractivity (Wildman–Crippen MR) is 155 cm³/mol. The van der Waals surface area contributed by atoms with Crippen LogP contribution in [0.15, 0.2) is 71.8 Å². The molecular weight excluding hydrogens is 546 g/mol.